The molecular formula is C77H130O6. The van der Waals surface area contributed by atoms with Gasteiger partial charge in [-0.3, -0.25) is 14.4 Å². The Morgan fingerprint density at radius 2 is 0.470 bits per heavy atom. The zero-order chi connectivity index (χ0) is 59.9. The van der Waals surface area contributed by atoms with Crippen LogP contribution in [0.25, 0.3) is 0 Å². The lowest BCUT2D eigenvalue weighted by molar-refractivity contribution is -0.167. The lowest BCUT2D eigenvalue weighted by atomic mass is 10.0. The lowest BCUT2D eigenvalue weighted by Crippen LogP contribution is -2.30. The number of unbranched alkanes of at least 4 members (excludes halogenated alkanes) is 32. The van der Waals surface area contributed by atoms with Gasteiger partial charge >= 0.3 is 17.9 Å². The molecule has 0 aromatic carbocycles. The third kappa shape index (κ3) is 68.5. The van der Waals surface area contributed by atoms with Crippen LogP contribution in [0.4, 0.5) is 0 Å². The third-order valence-electron chi connectivity index (χ3n) is 15.0. The molecule has 0 aromatic rings. The van der Waals surface area contributed by atoms with Gasteiger partial charge < -0.3 is 14.2 Å². The van der Waals surface area contributed by atoms with Crippen LogP contribution in [0.5, 0.6) is 0 Å². The molecule has 1 unspecified atom stereocenters. The van der Waals surface area contributed by atoms with Crippen LogP contribution < -0.4 is 0 Å². The molecule has 6 nitrogen and oxygen atoms in total. The molecule has 1 atom stereocenters. The zero-order valence-corrected chi connectivity index (χ0v) is 54.4. The van der Waals surface area contributed by atoms with Gasteiger partial charge in [0, 0.05) is 19.3 Å². The van der Waals surface area contributed by atoms with Crippen molar-refractivity contribution in [1.82, 2.24) is 0 Å². The molecule has 0 fully saturated rings. The molecule has 0 aliphatic rings. The van der Waals surface area contributed by atoms with Gasteiger partial charge in [0.15, 0.2) is 6.10 Å². The smallest absolute Gasteiger partial charge is 0.306 e. The monoisotopic (exact) mass is 1150 g/mol. The Balaban J connectivity index is 4.17. The van der Waals surface area contributed by atoms with E-state index in [9.17, 15) is 14.4 Å². The van der Waals surface area contributed by atoms with Crippen molar-refractivity contribution in [2.75, 3.05) is 13.2 Å². The van der Waals surface area contributed by atoms with E-state index in [1.165, 1.54) is 154 Å². The maximum absolute atomic E-state index is 12.9. The second-order valence-electron chi connectivity index (χ2n) is 23.0. The molecule has 0 saturated heterocycles. The van der Waals surface area contributed by atoms with Crippen molar-refractivity contribution in [3.63, 3.8) is 0 Å². The number of hydrogen-bond acceptors (Lipinski definition) is 6. The molecule has 6 heteroatoms. The van der Waals surface area contributed by atoms with Gasteiger partial charge in [-0.2, -0.15) is 0 Å². The van der Waals surface area contributed by atoms with Crippen molar-refractivity contribution in [3.8, 4) is 0 Å². The van der Waals surface area contributed by atoms with Gasteiger partial charge in [-0.15, -0.1) is 0 Å². The van der Waals surface area contributed by atoms with Crippen molar-refractivity contribution < 1.29 is 28.6 Å². The van der Waals surface area contributed by atoms with E-state index in [4.69, 9.17) is 14.2 Å². The van der Waals surface area contributed by atoms with Crippen LogP contribution in [0, 0.1) is 0 Å². The molecule has 0 radical (unpaired) electrons. The minimum absolute atomic E-state index is 0.0820. The van der Waals surface area contributed by atoms with Crippen LogP contribution >= 0.6 is 0 Å². The van der Waals surface area contributed by atoms with Gasteiger partial charge in [0.25, 0.3) is 0 Å². The lowest BCUT2D eigenvalue weighted by Gasteiger charge is -2.18. The first kappa shape index (κ1) is 78.8. The maximum atomic E-state index is 12.9. The van der Waals surface area contributed by atoms with Crippen LogP contribution in [0.2, 0.25) is 0 Å². The first-order valence-electron chi connectivity index (χ1n) is 35.0. The van der Waals surface area contributed by atoms with Crippen molar-refractivity contribution in [2.45, 2.75) is 335 Å². The molecule has 0 saturated carbocycles. The largest absolute Gasteiger partial charge is 0.462 e. The topological polar surface area (TPSA) is 78.9 Å². The van der Waals surface area contributed by atoms with Crippen LogP contribution in [0.1, 0.15) is 329 Å². The number of hydrogen-bond donors (Lipinski definition) is 0. The summed E-state index contributed by atoms with van der Waals surface area (Å²) in [5.41, 5.74) is 0. The highest BCUT2D eigenvalue weighted by Crippen LogP contribution is 2.17. The van der Waals surface area contributed by atoms with Crippen molar-refractivity contribution >= 4 is 17.9 Å². The van der Waals surface area contributed by atoms with Crippen molar-refractivity contribution in [3.05, 3.63) is 122 Å². The Kier molecular flexibility index (Phi) is 66.7. The minimum Gasteiger partial charge on any atom is -0.462 e. The molecule has 0 aromatic heterocycles. The second-order valence-corrected chi connectivity index (χ2v) is 23.0. The van der Waals surface area contributed by atoms with Gasteiger partial charge in [0.05, 0.1) is 0 Å². The summed E-state index contributed by atoms with van der Waals surface area (Å²) in [7, 11) is 0. The molecule has 0 aliphatic heterocycles. The molecule has 0 bridgehead atoms. The Labute approximate surface area is 513 Å². The SMILES string of the molecule is CC/C=C\C/C=C\C/C=C\C/C=C\C/C=C\C/C=C\CCCCCCCCC(=O)OC(COC(=O)CCCCCCCCCCC)COC(=O)CCCCCCCCCCCCCCCCCCCC/C=C\C/C=C\C/C=C\C/C=C\CC. The Bertz CT molecular complexity index is 1700. The number of rotatable bonds is 63. The third-order valence-corrected chi connectivity index (χ3v) is 15.0. The van der Waals surface area contributed by atoms with Gasteiger partial charge in [0.2, 0.25) is 0 Å². The normalized spacial score (nSPS) is 12.9. The van der Waals surface area contributed by atoms with Gasteiger partial charge in [-0.1, -0.05) is 322 Å². The van der Waals surface area contributed by atoms with E-state index < -0.39 is 6.10 Å². The van der Waals surface area contributed by atoms with E-state index in [2.05, 4.69) is 142 Å². The molecule has 83 heavy (non-hydrogen) atoms. The molecule has 0 heterocycles. The molecule has 0 amide bonds. The van der Waals surface area contributed by atoms with Crippen LogP contribution in [0.3, 0.4) is 0 Å². The first-order chi connectivity index (χ1) is 41.0. The van der Waals surface area contributed by atoms with E-state index in [0.717, 1.165) is 135 Å². The highest BCUT2D eigenvalue weighted by molar-refractivity contribution is 5.71. The summed E-state index contributed by atoms with van der Waals surface area (Å²) in [6, 6.07) is 0. The Hall–Kier alpha value is -4.19. The molecule has 474 valence electrons. The van der Waals surface area contributed by atoms with Crippen LogP contribution in [0.15, 0.2) is 122 Å². The number of allylic oxidation sites excluding steroid dienone is 20. The Morgan fingerprint density at radius 3 is 0.735 bits per heavy atom. The quantitative estimate of drug-likeness (QED) is 0.0261. The van der Waals surface area contributed by atoms with Crippen LogP contribution in [-0.2, 0) is 28.6 Å². The van der Waals surface area contributed by atoms with Gasteiger partial charge in [-0.25, -0.2) is 0 Å². The fourth-order valence-corrected chi connectivity index (χ4v) is 9.79. The number of carbonyl (C=O) groups is 3. The standard InChI is InChI=1S/C77H130O6/c1-4-7-10-13-16-19-21-23-25-27-29-31-33-35-36-37-38-39-40-42-43-45-47-49-51-53-55-58-61-64-67-70-76(79)82-73-74(72-81-75(78)69-66-63-60-57-18-15-12-9-6-3)83-77(80)71-68-65-62-59-56-54-52-50-48-46-44-41-34-32-30-28-26-24-22-20-17-14-11-8-5-2/h7-8,10-11,16-17,19-20,23-26,29-32,41,44,48,50,74H,4-6,9,12-15,18,21-22,27-28,33-40,42-43,45-47,49,51-73H2,1-3H3/b10-7-,11-8-,19-16-,20-17-,25-23-,26-24-,31-29-,32-30-,44-41-,50-48-. The average molecular weight is 1150 g/mol. The summed E-state index contributed by atoms with van der Waals surface area (Å²) in [4.78, 5) is 38.3. The van der Waals surface area contributed by atoms with E-state index in [1.807, 2.05) is 0 Å². The zero-order valence-electron chi connectivity index (χ0n) is 54.4. The average Bonchev–Trinajstić information content (AvgIpc) is 3.49. The molecule has 0 aliphatic carbocycles. The van der Waals surface area contributed by atoms with Gasteiger partial charge in [0.1, 0.15) is 13.2 Å². The maximum Gasteiger partial charge on any atom is 0.306 e. The summed E-state index contributed by atoms with van der Waals surface area (Å²) in [5, 5.41) is 0. The van der Waals surface area contributed by atoms with Gasteiger partial charge in [-0.05, 0) is 109 Å². The fourth-order valence-electron chi connectivity index (χ4n) is 9.79. The van der Waals surface area contributed by atoms with Crippen molar-refractivity contribution in [1.29, 1.82) is 0 Å². The number of carbonyl (C=O) groups excluding carboxylic acids is 3. The summed E-state index contributed by atoms with van der Waals surface area (Å²) >= 11 is 0. The molecular weight excluding hydrogens is 1020 g/mol. The molecule has 0 rings (SSSR count). The summed E-state index contributed by atoms with van der Waals surface area (Å²) in [5.74, 6) is -0.888. The summed E-state index contributed by atoms with van der Waals surface area (Å²) in [6.45, 7) is 6.41. The minimum atomic E-state index is -0.786. The molecule has 0 spiro atoms. The van der Waals surface area contributed by atoms with E-state index in [0.29, 0.717) is 19.3 Å². The second kappa shape index (κ2) is 70.3. The van der Waals surface area contributed by atoms with Crippen molar-refractivity contribution in [2.24, 2.45) is 0 Å². The predicted octanol–water partition coefficient (Wildman–Crippen LogP) is 24.3. The van der Waals surface area contributed by atoms with E-state index >= 15 is 0 Å². The highest BCUT2D eigenvalue weighted by atomic mass is 16.6. The predicted molar refractivity (Wildman–Crippen MR) is 362 cm³/mol. The summed E-state index contributed by atoms with van der Waals surface area (Å²) < 4.78 is 16.9. The first-order valence-corrected chi connectivity index (χ1v) is 35.0. The highest BCUT2D eigenvalue weighted by Gasteiger charge is 2.19. The molecule has 0 N–H and O–H groups in total. The number of esters is 3. The van der Waals surface area contributed by atoms with E-state index in [1.54, 1.807) is 0 Å². The summed E-state index contributed by atoms with van der Waals surface area (Å²) in [6.07, 6.45) is 98.1. The van der Waals surface area contributed by atoms with E-state index in [-0.39, 0.29) is 31.1 Å². The Morgan fingerprint density at radius 1 is 0.253 bits per heavy atom. The fraction of sp³-hybridized carbons (Fsp3) is 0.701. The van der Waals surface area contributed by atoms with Crippen LogP contribution in [-0.4, -0.2) is 37.2 Å². The number of ether oxygens (including phenoxy) is 3.